The van der Waals surface area contributed by atoms with Crippen LogP contribution in [0.3, 0.4) is 0 Å². The summed E-state index contributed by atoms with van der Waals surface area (Å²) in [6.45, 7) is 6.28. The Labute approximate surface area is 157 Å². The van der Waals surface area contributed by atoms with E-state index in [0.717, 1.165) is 12.8 Å². The first-order chi connectivity index (χ1) is 12.6. The summed E-state index contributed by atoms with van der Waals surface area (Å²) in [6, 6.07) is 10.8. The molecule has 0 aromatic heterocycles. The standard InChI is InChI=1S/C22H34N2O2/c1-15(14-24-26-9-8-23)10-19-13-21(25)20-12-18(11-16(2)22(19)20)17-6-4-3-5-7-17/h3-7,10,16,18-22,24-25H,8-9,11-14,23H2,1-2H3/b15-10+/t16-,18-,19+,20+,21-,22+/m0/s1. The summed E-state index contributed by atoms with van der Waals surface area (Å²) >= 11 is 0. The minimum atomic E-state index is -0.176. The van der Waals surface area contributed by atoms with Crippen molar-refractivity contribution in [3.05, 3.63) is 47.5 Å². The molecule has 2 aliphatic carbocycles. The van der Waals surface area contributed by atoms with Crippen LogP contribution < -0.4 is 11.2 Å². The van der Waals surface area contributed by atoms with Crippen LogP contribution in [0.25, 0.3) is 0 Å². The van der Waals surface area contributed by atoms with Crippen molar-refractivity contribution in [3.63, 3.8) is 0 Å². The molecule has 144 valence electrons. The Kier molecular flexibility index (Phi) is 6.87. The summed E-state index contributed by atoms with van der Waals surface area (Å²) in [4.78, 5) is 5.26. The zero-order valence-electron chi connectivity index (χ0n) is 16.1. The molecule has 2 saturated carbocycles. The zero-order chi connectivity index (χ0) is 18.5. The van der Waals surface area contributed by atoms with E-state index in [1.807, 2.05) is 0 Å². The number of rotatable bonds is 7. The Balaban J connectivity index is 1.64. The average molecular weight is 359 g/mol. The lowest BCUT2D eigenvalue weighted by Crippen LogP contribution is -2.33. The number of nitrogens with two attached hydrogens (primary N) is 1. The first-order valence-electron chi connectivity index (χ1n) is 10.0. The number of fused-ring (bicyclic) bond motifs is 1. The third-order valence-electron chi connectivity index (χ3n) is 6.31. The van der Waals surface area contributed by atoms with Crippen molar-refractivity contribution in [1.82, 2.24) is 5.48 Å². The van der Waals surface area contributed by atoms with E-state index < -0.39 is 0 Å². The summed E-state index contributed by atoms with van der Waals surface area (Å²) in [5, 5.41) is 10.8. The molecule has 0 bridgehead atoms. The number of benzene rings is 1. The second-order valence-corrected chi connectivity index (χ2v) is 8.24. The van der Waals surface area contributed by atoms with Crippen LogP contribution >= 0.6 is 0 Å². The molecule has 0 amide bonds. The second-order valence-electron chi connectivity index (χ2n) is 8.24. The highest BCUT2D eigenvalue weighted by molar-refractivity contribution is 5.22. The van der Waals surface area contributed by atoms with E-state index in [-0.39, 0.29) is 6.10 Å². The Bertz CT molecular complexity index is 589. The van der Waals surface area contributed by atoms with Crippen LogP contribution in [0.4, 0.5) is 0 Å². The highest BCUT2D eigenvalue weighted by Gasteiger charge is 2.48. The second kappa shape index (κ2) is 9.14. The van der Waals surface area contributed by atoms with Crippen molar-refractivity contribution in [2.45, 2.75) is 45.1 Å². The molecule has 1 aromatic rings. The van der Waals surface area contributed by atoms with Gasteiger partial charge in [0.1, 0.15) is 0 Å². The largest absolute Gasteiger partial charge is 0.393 e. The first kappa shape index (κ1) is 19.6. The van der Waals surface area contributed by atoms with Crippen molar-refractivity contribution >= 4 is 0 Å². The summed E-state index contributed by atoms with van der Waals surface area (Å²) in [5.41, 5.74) is 11.1. The zero-order valence-corrected chi connectivity index (χ0v) is 16.1. The van der Waals surface area contributed by atoms with E-state index in [1.165, 1.54) is 17.6 Å². The molecule has 0 heterocycles. The van der Waals surface area contributed by atoms with Crippen LogP contribution in [0.15, 0.2) is 42.0 Å². The van der Waals surface area contributed by atoms with E-state index in [0.29, 0.717) is 49.3 Å². The summed E-state index contributed by atoms with van der Waals surface area (Å²) in [6.07, 6.45) is 5.42. The molecular weight excluding hydrogens is 324 g/mol. The van der Waals surface area contributed by atoms with E-state index >= 15 is 0 Å². The summed E-state index contributed by atoms with van der Waals surface area (Å²) in [5.74, 6) is 2.69. The van der Waals surface area contributed by atoms with Gasteiger partial charge >= 0.3 is 0 Å². The van der Waals surface area contributed by atoms with Crippen molar-refractivity contribution in [1.29, 1.82) is 0 Å². The van der Waals surface area contributed by atoms with Gasteiger partial charge < -0.3 is 15.7 Å². The average Bonchev–Trinajstić information content (AvgIpc) is 2.95. The number of nitrogens with one attached hydrogen (secondary N) is 1. The molecule has 1 aromatic carbocycles. The molecule has 2 fully saturated rings. The molecule has 2 aliphatic rings. The van der Waals surface area contributed by atoms with Gasteiger partial charge in [-0.3, -0.25) is 0 Å². The van der Waals surface area contributed by atoms with Crippen LogP contribution in [0.2, 0.25) is 0 Å². The molecule has 0 saturated heterocycles. The Morgan fingerprint density at radius 3 is 2.77 bits per heavy atom. The Hall–Kier alpha value is -1.20. The first-order valence-corrected chi connectivity index (χ1v) is 10.0. The maximum atomic E-state index is 10.8. The number of aliphatic hydroxyl groups excluding tert-OH is 1. The topological polar surface area (TPSA) is 67.5 Å². The summed E-state index contributed by atoms with van der Waals surface area (Å²) in [7, 11) is 0. The Morgan fingerprint density at radius 1 is 1.27 bits per heavy atom. The Morgan fingerprint density at radius 2 is 2.04 bits per heavy atom. The smallest absolute Gasteiger partial charge is 0.0804 e. The number of hydrogen-bond acceptors (Lipinski definition) is 4. The normalized spacial score (nSPS) is 34.7. The molecule has 0 radical (unpaired) electrons. The van der Waals surface area contributed by atoms with Crippen LogP contribution in [0.5, 0.6) is 0 Å². The molecule has 0 spiro atoms. The molecular formula is C22H34N2O2. The van der Waals surface area contributed by atoms with Gasteiger partial charge in [0.05, 0.1) is 12.7 Å². The highest BCUT2D eigenvalue weighted by atomic mass is 16.6. The van der Waals surface area contributed by atoms with Gasteiger partial charge in [0.25, 0.3) is 0 Å². The highest BCUT2D eigenvalue weighted by Crippen LogP contribution is 2.53. The quantitative estimate of drug-likeness (QED) is 0.398. The van der Waals surface area contributed by atoms with E-state index in [1.54, 1.807) is 0 Å². The van der Waals surface area contributed by atoms with Gasteiger partial charge in [-0.05, 0) is 61.3 Å². The predicted molar refractivity (Wildman–Crippen MR) is 105 cm³/mol. The molecule has 4 nitrogen and oxygen atoms in total. The monoisotopic (exact) mass is 358 g/mol. The van der Waals surface area contributed by atoms with E-state index in [4.69, 9.17) is 10.6 Å². The SMILES string of the molecule is C/C(=C\[C@@H]1C[C@H](O)[C@H]2C[C@@H](c3ccccc3)C[C@H](C)[C@@H]21)CNOCCN. The van der Waals surface area contributed by atoms with Crippen LogP contribution in [-0.2, 0) is 4.84 Å². The fourth-order valence-electron chi connectivity index (χ4n) is 5.27. The van der Waals surface area contributed by atoms with Crippen molar-refractivity contribution in [2.75, 3.05) is 19.7 Å². The van der Waals surface area contributed by atoms with Gasteiger partial charge in [-0.1, -0.05) is 48.9 Å². The van der Waals surface area contributed by atoms with E-state index in [2.05, 4.69) is 55.7 Å². The molecule has 4 N–H and O–H groups in total. The lowest BCUT2D eigenvalue weighted by atomic mass is 9.65. The molecule has 6 atom stereocenters. The third-order valence-corrected chi connectivity index (χ3v) is 6.31. The van der Waals surface area contributed by atoms with Crippen LogP contribution in [-0.4, -0.2) is 30.9 Å². The predicted octanol–water partition coefficient (Wildman–Crippen LogP) is 3.24. The number of aliphatic hydroxyl groups is 1. The maximum Gasteiger partial charge on any atom is 0.0804 e. The van der Waals surface area contributed by atoms with Crippen LogP contribution in [0.1, 0.15) is 44.6 Å². The van der Waals surface area contributed by atoms with Gasteiger partial charge in [-0.15, -0.1) is 0 Å². The number of hydrogen-bond donors (Lipinski definition) is 3. The van der Waals surface area contributed by atoms with Crippen molar-refractivity contribution in [3.8, 4) is 0 Å². The molecule has 4 heteroatoms. The third kappa shape index (κ3) is 4.55. The minimum absolute atomic E-state index is 0.176. The van der Waals surface area contributed by atoms with Crippen molar-refractivity contribution in [2.24, 2.45) is 29.4 Å². The van der Waals surface area contributed by atoms with E-state index in [9.17, 15) is 5.11 Å². The van der Waals surface area contributed by atoms with Gasteiger partial charge in [0.2, 0.25) is 0 Å². The maximum absolute atomic E-state index is 10.8. The molecule has 3 rings (SSSR count). The molecule has 26 heavy (non-hydrogen) atoms. The fraction of sp³-hybridized carbons (Fsp3) is 0.636. The van der Waals surface area contributed by atoms with Gasteiger partial charge in [-0.25, -0.2) is 0 Å². The fourth-order valence-corrected chi connectivity index (χ4v) is 5.27. The van der Waals surface area contributed by atoms with Crippen molar-refractivity contribution < 1.29 is 9.94 Å². The minimum Gasteiger partial charge on any atom is -0.393 e. The summed E-state index contributed by atoms with van der Waals surface area (Å²) < 4.78 is 0. The van der Waals surface area contributed by atoms with Gasteiger partial charge in [-0.2, -0.15) is 5.48 Å². The number of allylic oxidation sites excluding steroid dienone is 1. The molecule has 0 unspecified atom stereocenters. The molecule has 0 aliphatic heterocycles. The van der Waals surface area contributed by atoms with Gasteiger partial charge in [0, 0.05) is 13.1 Å². The number of hydroxylamine groups is 1. The van der Waals surface area contributed by atoms with Gasteiger partial charge in [0.15, 0.2) is 0 Å². The lowest BCUT2D eigenvalue weighted by molar-refractivity contribution is 0.0525. The lowest BCUT2D eigenvalue weighted by Gasteiger charge is -2.40. The van der Waals surface area contributed by atoms with Crippen LogP contribution in [0, 0.1) is 23.7 Å².